The molecule has 5 rings (SSSR count). The number of amides is 1. The van der Waals surface area contributed by atoms with E-state index in [2.05, 4.69) is 25.6 Å². The zero-order valence-electron chi connectivity index (χ0n) is 17.5. The summed E-state index contributed by atoms with van der Waals surface area (Å²) in [5, 5.41) is 10.8. The topological polar surface area (TPSA) is 79.8 Å². The molecule has 6 nitrogen and oxygen atoms in total. The number of thiazole rings is 2. The van der Waals surface area contributed by atoms with Gasteiger partial charge in [-0.15, -0.1) is 22.7 Å². The average molecular weight is 482 g/mol. The molecule has 1 amide bonds. The zero-order valence-corrected chi connectivity index (χ0v) is 19.9. The Bertz CT molecular complexity index is 1290. The van der Waals surface area contributed by atoms with Crippen LogP contribution in [0.3, 0.4) is 0 Å². The number of nitrogens with one attached hydrogen (secondary N) is 2. The number of nitrogens with zero attached hydrogens (tertiary/aromatic N) is 3. The number of carbonyl (C=O) groups excluding carboxylic acids is 1. The molecule has 162 valence electrons. The number of aryl methyl sites for hydroxylation is 2. The molecule has 0 saturated heterocycles. The minimum Gasteiger partial charge on any atom is -0.342 e. The molecule has 9 heteroatoms. The summed E-state index contributed by atoms with van der Waals surface area (Å²) in [6.07, 6.45) is 3.33. The summed E-state index contributed by atoms with van der Waals surface area (Å²) in [5.41, 5.74) is 2.99. The van der Waals surface area contributed by atoms with Crippen molar-refractivity contribution in [3.63, 3.8) is 0 Å². The molecule has 1 aliphatic carbocycles. The number of carbonyl (C=O) groups is 1. The Morgan fingerprint density at radius 2 is 1.94 bits per heavy atom. The highest BCUT2D eigenvalue weighted by molar-refractivity contribution is 7.16. The number of rotatable bonds is 6. The Labute approximate surface area is 198 Å². The minimum absolute atomic E-state index is 0.158. The molecular weight excluding hydrogens is 462 g/mol. The molecule has 4 aromatic rings. The second-order valence-electron chi connectivity index (χ2n) is 7.76. The summed E-state index contributed by atoms with van der Waals surface area (Å²) >= 11 is 9.49. The molecule has 0 aliphatic heterocycles. The van der Waals surface area contributed by atoms with Crippen LogP contribution < -0.4 is 10.6 Å². The Morgan fingerprint density at radius 3 is 2.59 bits per heavy atom. The lowest BCUT2D eigenvalue weighted by molar-refractivity contribution is 0.0930. The predicted octanol–water partition coefficient (Wildman–Crippen LogP) is 6.09. The Balaban J connectivity index is 1.26. The second-order valence-corrected chi connectivity index (χ2v) is 10.2. The lowest BCUT2D eigenvalue weighted by Gasteiger charge is -2.19. The van der Waals surface area contributed by atoms with Crippen LogP contribution in [0.4, 0.5) is 10.9 Å². The maximum atomic E-state index is 12.8. The summed E-state index contributed by atoms with van der Waals surface area (Å²) in [6, 6.07) is 11.2. The van der Waals surface area contributed by atoms with Crippen molar-refractivity contribution in [3.05, 3.63) is 74.8 Å². The smallest absolute Gasteiger partial charge is 0.253 e. The van der Waals surface area contributed by atoms with Crippen LogP contribution in [0.2, 0.25) is 5.02 Å². The number of benzene rings is 1. The zero-order chi connectivity index (χ0) is 22.3. The first-order valence-corrected chi connectivity index (χ1v) is 12.2. The van der Waals surface area contributed by atoms with Gasteiger partial charge in [0, 0.05) is 16.6 Å². The first-order valence-electron chi connectivity index (χ1n) is 10.1. The summed E-state index contributed by atoms with van der Waals surface area (Å²) in [7, 11) is 0. The largest absolute Gasteiger partial charge is 0.342 e. The molecular formula is C23H20ClN5OS2. The van der Waals surface area contributed by atoms with Crippen molar-refractivity contribution in [2.24, 2.45) is 0 Å². The fourth-order valence-corrected chi connectivity index (χ4v) is 5.62. The van der Waals surface area contributed by atoms with E-state index in [9.17, 15) is 4.79 Å². The number of pyridine rings is 1. The molecule has 3 heterocycles. The van der Waals surface area contributed by atoms with Crippen molar-refractivity contribution in [3.8, 4) is 10.6 Å². The maximum Gasteiger partial charge on any atom is 0.253 e. The molecule has 1 fully saturated rings. The van der Waals surface area contributed by atoms with E-state index in [1.807, 2.05) is 43.5 Å². The van der Waals surface area contributed by atoms with Crippen molar-refractivity contribution >= 4 is 51.1 Å². The number of hydrogen-bond donors (Lipinski definition) is 2. The van der Waals surface area contributed by atoms with E-state index >= 15 is 0 Å². The van der Waals surface area contributed by atoms with Crippen LogP contribution in [0.5, 0.6) is 0 Å². The quantitative estimate of drug-likeness (QED) is 0.348. The van der Waals surface area contributed by atoms with Crippen molar-refractivity contribution < 1.29 is 4.79 Å². The molecule has 0 spiro atoms. The number of anilines is 2. The fourth-order valence-electron chi connectivity index (χ4n) is 3.64. The van der Waals surface area contributed by atoms with E-state index < -0.39 is 0 Å². The van der Waals surface area contributed by atoms with Crippen LogP contribution >= 0.6 is 34.3 Å². The van der Waals surface area contributed by atoms with Crippen molar-refractivity contribution in [2.75, 3.05) is 5.32 Å². The first-order chi connectivity index (χ1) is 15.4. The molecule has 1 aliphatic rings. The van der Waals surface area contributed by atoms with Gasteiger partial charge in [-0.05, 0) is 50.5 Å². The Kier molecular flexibility index (Phi) is 5.44. The first kappa shape index (κ1) is 21.1. The molecule has 2 N–H and O–H groups in total. The van der Waals surface area contributed by atoms with Gasteiger partial charge in [0.05, 0.1) is 32.4 Å². The lowest BCUT2D eigenvalue weighted by Crippen LogP contribution is -2.35. The number of aromatic nitrogens is 3. The predicted molar refractivity (Wildman–Crippen MR) is 130 cm³/mol. The molecule has 0 unspecified atom stereocenters. The maximum absolute atomic E-state index is 12.8. The van der Waals surface area contributed by atoms with Crippen LogP contribution in [0, 0.1) is 13.8 Å². The molecule has 1 aromatic carbocycles. The monoisotopic (exact) mass is 481 g/mol. The minimum atomic E-state index is -0.378. The summed E-state index contributed by atoms with van der Waals surface area (Å²) in [6.45, 7) is 3.99. The summed E-state index contributed by atoms with van der Waals surface area (Å²) < 4.78 is 0. The molecule has 32 heavy (non-hydrogen) atoms. The van der Waals surface area contributed by atoms with Crippen LogP contribution in [-0.2, 0) is 5.54 Å². The number of halogens is 1. The highest BCUT2D eigenvalue weighted by atomic mass is 35.5. The number of hydrogen-bond acceptors (Lipinski definition) is 7. The van der Waals surface area contributed by atoms with Gasteiger partial charge in [0.1, 0.15) is 5.82 Å². The van der Waals surface area contributed by atoms with Gasteiger partial charge >= 0.3 is 0 Å². The lowest BCUT2D eigenvalue weighted by atomic mass is 10.0. The van der Waals surface area contributed by atoms with Gasteiger partial charge in [0.2, 0.25) is 0 Å². The van der Waals surface area contributed by atoms with Gasteiger partial charge < -0.3 is 10.6 Å². The van der Waals surface area contributed by atoms with Gasteiger partial charge in [-0.25, -0.2) is 15.0 Å². The highest BCUT2D eigenvalue weighted by Gasteiger charge is 2.46. The second kappa shape index (κ2) is 8.27. The standard InChI is InChI=1S/C23H20ClN5OS2/c1-13-20(32-14(2)26-13)18-12-31-22(27-18)28-19-8-7-15(11-25-19)21(30)29-23(9-10-23)16-5-3-4-6-17(16)24/h3-8,11-12H,9-10H2,1-2H3,(H,29,30)(H,25,27,28). The van der Waals surface area contributed by atoms with E-state index in [1.54, 1.807) is 29.7 Å². The van der Waals surface area contributed by atoms with Crippen LogP contribution in [0.1, 0.15) is 39.5 Å². The van der Waals surface area contributed by atoms with Crippen LogP contribution in [0.15, 0.2) is 48.0 Å². The van der Waals surface area contributed by atoms with Crippen molar-refractivity contribution in [2.45, 2.75) is 32.2 Å². The van der Waals surface area contributed by atoms with E-state index in [-0.39, 0.29) is 11.4 Å². The normalized spacial score (nSPS) is 14.2. The van der Waals surface area contributed by atoms with Gasteiger partial charge in [0.25, 0.3) is 5.91 Å². The van der Waals surface area contributed by atoms with E-state index in [0.717, 1.165) is 44.8 Å². The van der Waals surface area contributed by atoms with Crippen LogP contribution in [-0.4, -0.2) is 20.9 Å². The molecule has 0 atom stereocenters. The molecule has 0 radical (unpaired) electrons. The third-order valence-electron chi connectivity index (χ3n) is 5.39. The molecule has 0 bridgehead atoms. The Hall–Kier alpha value is -2.81. The van der Waals surface area contributed by atoms with E-state index in [0.29, 0.717) is 16.4 Å². The van der Waals surface area contributed by atoms with Gasteiger partial charge in [-0.1, -0.05) is 29.8 Å². The Morgan fingerprint density at radius 1 is 1.12 bits per heavy atom. The summed E-state index contributed by atoms with van der Waals surface area (Å²) in [5.74, 6) is 0.473. The summed E-state index contributed by atoms with van der Waals surface area (Å²) in [4.78, 5) is 27.4. The molecule has 3 aromatic heterocycles. The van der Waals surface area contributed by atoms with Gasteiger partial charge in [-0.3, -0.25) is 4.79 Å². The average Bonchev–Trinajstić information content (AvgIpc) is 3.25. The molecule has 1 saturated carbocycles. The van der Waals surface area contributed by atoms with Crippen molar-refractivity contribution in [1.29, 1.82) is 0 Å². The third kappa shape index (κ3) is 4.13. The van der Waals surface area contributed by atoms with Gasteiger partial charge in [0.15, 0.2) is 5.13 Å². The fraction of sp³-hybridized carbons (Fsp3) is 0.217. The van der Waals surface area contributed by atoms with E-state index in [1.165, 1.54) is 11.3 Å². The van der Waals surface area contributed by atoms with Crippen molar-refractivity contribution in [1.82, 2.24) is 20.3 Å². The van der Waals surface area contributed by atoms with Crippen LogP contribution in [0.25, 0.3) is 10.6 Å². The van der Waals surface area contributed by atoms with Gasteiger partial charge in [-0.2, -0.15) is 0 Å². The van der Waals surface area contributed by atoms with E-state index in [4.69, 9.17) is 11.6 Å². The highest BCUT2D eigenvalue weighted by Crippen LogP contribution is 2.48. The third-order valence-corrected chi connectivity index (χ3v) is 7.58. The SMILES string of the molecule is Cc1nc(C)c(-c2csc(Nc3ccc(C(=O)NC4(c5ccccc5Cl)CC4)cn3)n2)s1.